The van der Waals surface area contributed by atoms with Crippen LogP contribution in [0.2, 0.25) is 5.02 Å². The fourth-order valence-corrected chi connectivity index (χ4v) is 3.67. The van der Waals surface area contributed by atoms with Crippen LogP contribution in [0.15, 0.2) is 24.3 Å². The number of benzene rings is 1. The predicted octanol–water partition coefficient (Wildman–Crippen LogP) is 3.60. The van der Waals surface area contributed by atoms with Gasteiger partial charge in [0.05, 0.1) is 5.69 Å². The van der Waals surface area contributed by atoms with Gasteiger partial charge in [0.2, 0.25) is 5.91 Å². The van der Waals surface area contributed by atoms with Gasteiger partial charge in [0.25, 0.3) is 0 Å². The molecule has 0 radical (unpaired) electrons. The molecular formula is C17H21ClN4OS. The number of aryl methyl sites for hydroxylation is 1. The molecule has 2 aromatic rings. The molecule has 24 heavy (non-hydrogen) atoms. The second-order valence-corrected chi connectivity index (χ2v) is 7.99. The van der Waals surface area contributed by atoms with Crippen molar-refractivity contribution < 1.29 is 4.79 Å². The molecule has 1 fully saturated rings. The maximum atomic E-state index is 12.4. The maximum absolute atomic E-state index is 12.4. The third kappa shape index (κ3) is 3.78. The molecule has 3 N–H and O–H groups in total. The summed E-state index contributed by atoms with van der Waals surface area (Å²) in [5.41, 5.74) is 8.12. The van der Waals surface area contributed by atoms with Crippen molar-refractivity contribution in [2.75, 3.05) is 5.32 Å². The number of thiazole rings is 1. The molecule has 7 heteroatoms. The summed E-state index contributed by atoms with van der Waals surface area (Å²) in [6.45, 7) is 6.28. The molecule has 1 amide bonds. The van der Waals surface area contributed by atoms with Crippen LogP contribution in [-0.4, -0.2) is 23.0 Å². The summed E-state index contributed by atoms with van der Waals surface area (Å²) in [6, 6.07) is 7.63. The monoisotopic (exact) mass is 364 g/mol. The van der Waals surface area contributed by atoms with E-state index in [4.69, 9.17) is 11.6 Å². The lowest BCUT2D eigenvalue weighted by molar-refractivity contribution is -0.117. The van der Waals surface area contributed by atoms with Gasteiger partial charge in [0.1, 0.15) is 6.04 Å². The Bertz CT molecular complexity index is 729. The Morgan fingerprint density at radius 3 is 2.67 bits per heavy atom. The molecule has 0 bridgehead atoms. The second-order valence-electron chi connectivity index (χ2n) is 6.35. The lowest BCUT2D eigenvalue weighted by Crippen LogP contribution is -2.40. The van der Waals surface area contributed by atoms with E-state index in [1.165, 1.54) is 11.3 Å². The third-order valence-corrected chi connectivity index (χ3v) is 5.34. The van der Waals surface area contributed by atoms with Crippen molar-refractivity contribution >= 4 is 34.0 Å². The lowest BCUT2D eigenvalue weighted by atomic mass is 9.99. The lowest BCUT2D eigenvalue weighted by Gasteiger charge is -2.12. The number of nitrogens with one attached hydrogen (secondary N) is 3. The number of rotatable bonds is 4. The van der Waals surface area contributed by atoms with Gasteiger partial charge in [0.15, 0.2) is 5.13 Å². The van der Waals surface area contributed by atoms with Gasteiger partial charge in [-0.3, -0.25) is 10.2 Å². The minimum atomic E-state index is -0.236. The first-order valence-electron chi connectivity index (χ1n) is 7.99. The van der Waals surface area contributed by atoms with Crippen LogP contribution in [-0.2, 0) is 4.79 Å². The van der Waals surface area contributed by atoms with Crippen LogP contribution in [0.1, 0.15) is 25.1 Å². The van der Waals surface area contributed by atoms with E-state index in [9.17, 15) is 4.79 Å². The van der Waals surface area contributed by atoms with Gasteiger partial charge in [-0.1, -0.05) is 37.6 Å². The van der Waals surface area contributed by atoms with E-state index in [1.54, 1.807) is 0 Å². The average Bonchev–Trinajstić information content (AvgIpc) is 3.15. The van der Waals surface area contributed by atoms with Crippen LogP contribution in [0, 0.1) is 12.8 Å². The van der Waals surface area contributed by atoms with Gasteiger partial charge in [-0.15, -0.1) is 11.3 Å². The first-order valence-corrected chi connectivity index (χ1v) is 9.18. The van der Waals surface area contributed by atoms with Gasteiger partial charge >= 0.3 is 0 Å². The number of hydrogen-bond donors (Lipinski definition) is 3. The van der Waals surface area contributed by atoms with Crippen LogP contribution in [0.4, 0.5) is 5.13 Å². The van der Waals surface area contributed by atoms with Gasteiger partial charge in [-0.05, 0) is 31.4 Å². The molecule has 1 aliphatic heterocycles. The minimum Gasteiger partial charge on any atom is -0.301 e. The summed E-state index contributed by atoms with van der Waals surface area (Å²) in [7, 11) is 0. The summed E-state index contributed by atoms with van der Waals surface area (Å²) in [5, 5.41) is 4.24. The zero-order chi connectivity index (χ0) is 17.3. The highest BCUT2D eigenvalue weighted by Crippen LogP contribution is 2.31. The number of carbonyl (C=O) groups is 1. The Balaban J connectivity index is 1.69. The molecule has 0 spiro atoms. The molecule has 1 aromatic heterocycles. The molecule has 1 saturated heterocycles. The molecule has 2 atom stereocenters. The standard InChI is InChI=1S/C17H21ClN4OS/c1-9(2)13-8-14(22-21-13)16(23)20-17-19-15(10(3)24-17)11-4-6-12(18)7-5-11/h4-7,9,13-14,21-22H,8H2,1-3H3,(H,19,20,23). The smallest absolute Gasteiger partial charge is 0.244 e. The van der Waals surface area contributed by atoms with Crippen LogP contribution >= 0.6 is 22.9 Å². The Morgan fingerprint density at radius 2 is 2.04 bits per heavy atom. The summed E-state index contributed by atoms with van der Waals surface area (Å²) < 4.78 is 0. The van der Waals surface area contributed by atoms with Crippen molar-refractivity contribution in [2.24, 2.45) is 5.92 Å². The third-order valence-electron chi connectivity index (χ3n) is 4.20. The van der Waals surface area contributed by atoms with Crippen molar-refractivity contribution in [1.29, 1.82) is 0 Å². The first-order chi connectivity index (χ1) is 11.4. The van der Waals surface area contributed by atoms with Crippen molar-refractivity contribution in [3.63, 3.8) is 0 Å². The Morgan fingerprint density at radius 1 is 1.33 bits per heavy atom. The highest BCUT2D eigenvalue weighted by atomic mass is 35.5. The number of anilines is 1. The van der Waals surface area contributed by atoms with Crippen molar-refractivity contribution in [1.82, 2.24) is 15.8 Å². The largest absolute Gasteiger partial charge is 0.301 e. The molecule has 0 saturated carbocycles. The summed E-state index contributed by atoms with van der Waals surface area (Å²) >= 11 is 7.42. The number of halogens is 1. The fourth-order valence-electron chi connectivity index (χ4n) is 2.71. The molecule has 1 aliphatic rings. The number of hydrazine groups is 1. The molecule has 1 aromatic carbocycles. The van der Waals surface area contributed by atoms with E-state index in [2.05, 4.69) is 35.0 Å². The average molecular weight is 365 g/mol. The number of hydrogen-bond acceptors (Lipinski definition) is 5. The summed E-state index contributed by atoms with van der Waals surface area (Å²) in [6.07, 6.45) is 0.776. The van der Waals surface area contributed by atoms with Crippen LogP contribution in [0.25, 0.3) is 11.3 Å². The highest BCUT2D eigenvalue weighted by Gasteiger charge is 2.31. The molecule has 3 rings (SSSR count). The SMILES string of the molecule is Cc1sc(NC(=O)C2CC(C(C)C)NN2)nc1-c1ccc(Cl)cc1. The van der Waals surface area contributed by atoms with Crippen LogP contribution in [0.5, 0.6) is 0 Å². The fraction of sp³-hybridized carbons (Fsp3) is 0.412. The number of carbonyl (C=O) groups excluding carboxylic acids is 1. The number of nitrogens with zero attached hydrogens (tertiary/aromatic N) is 1. The van der Waals surface area contributed by atoms with Gasteiger partial charge in [-0.25, -0.2) is 10.4 Å². The van der Waals surface area contributed by atoms with Crippen molar-refractivity contribution in [3.8, 4) is 11.3 Å². The number of amides is 1. The van der Waals surface area contributed by atoms with Crippen molar-refractivity contribution in [3.05, 3.63) is 34.2 Å². The molecule has 5 nitrogen and oxygen atoms in total. The quantitative estimate of drug-likeness (QED) is 0.775. The maximum Gasteiger partial charge on any atom is 0.244 e. The molecule has 128 valence electrons. The van der Waals surface area contributed by atoms with E-state index in [1.807, 2.05) is 31.2 Å². The molecule has 2 unspecified atom stereocenters. The highest BCUT2D eigenvalue weighted by molar-refractivity contribution is 7.16. The van der Waals surface area contributed by atoms with Gasteiger partial charge in [-0.2, -0.15) is 0 Å². The first kappa shape index (κ1) is 17.4. The van der Waals surface area contributed by atoms with Crippen LogP contribution < -0.4 is 16.2 Å². The zero-order valence-electron chi connectivity index (χ0n) is 13.9. The number of aromatic nitrogens is 1. The molecule has 2 heterocycles. The predicted molar refractivity (Wildman–Crippen MR) is 99.2 cm³/mol. The second kappa shape index (κ2) is 7.19. The van der Waals surface area contributed by atoms with Crippen molar-refractivity contribution in [2.45, 2.75) is 39.3 Å². The Hall–Kier alpha value is -1.47. The zero-order valence-corrected chi connectivity index (χ0v) is 15.5. The summed E-state index contributed by atoms with van der Waals surface area (Å²) in [4.78, 5) is 18.1. The van der Waals surface area contributed by atoms with E-state index in [0.717, 1.165) is 22.6 Å². The molecule has 0 aliphatic carbocycles. The normalized spacial score (nSPS) is 20.5. The van der Waals surface area contributed by atoms with E-state index < -0.39 is 0 Å². The minimum absolute atomic E-state index is 0.0537. The summed E-state index contributed by atoms with van der Waals surface area (Å²) in [5.74, 6) is 0.427. The topological polar surface area (TPSA) is 66.1 Å². The van der Waals surface area contributed by atoms with Gasteiger partial charge < -0.3 is 5.32 Å². The van der Waals surface area contributed by atoms with E-state index in [0.29, 0.717) is 22.1 Å². The van der Waals surface area contributed by atoms with E-state index >= 15 is 0 Å². The Labute approximate surface area is 150 Å². The van der Waals surface area contributed by atoms with E-state index in [-0.39, 0.29) is 11.9 Å². The molecular weight excluding hydrogens is 344 g/mol. The van der Waals surface area contributed by atoms with Gasteiger partial charge in [0, 0.05) is 21.5 Å². The van der Waals surface area contributed by atoms with Crippen LogP contribution in [0.3, 0.4) is 0 Å². The Kier molecular flexibility index (Phi) is 5.20.